The van der Waals surface area contributed by atoms with Gasteiger partial charge in [0.15, 0.2) is 0 Å². The highest BCUT2D eigenvalue weighted by molar-refractivity contribution is 5.78. The largest absolute Gasteiger partial charge is 0.356 e. The van der Waals surface area contributed by atoms with Gasteiger partial charge in [0.05, 0.1) is 0 Å². The summed E-state index contributed by atoms with van der Waals surface area (Å²) in [5, 5.41) is 3.31. The fraction of sp³-hybridized carbons (Fsp3) is 0.773. The zero-order chi connectivity index (χ0) is 19.5. The fourth-order valence-corrected chi connectivity index (χ4v) is 5.38. The van der Waals surface area contributed by atoms with Gasteiger partial charge < -0.3 is 15.1 Å². The third kappa shape index (κ3) is 4.48. The fourth-order valence-electron chi connectivity index (χ4n) is 5.38. The van der Waals surface area contributed by atoms with E-state index in [9.17, 15) is 4.79 Å². The molecule has 28 heavy (non-hydrogen) atoms. The minimum absolute atomic E-state index is 0.133. The van der Waals surface area contributed by atoms with Crippen molar-refractivity contribution in [3.8, 4) is 0 Å². The highest BCUT2D eigenvalue weighted by Gasteiger charge is 2.34. The van der Waals surface area contributed by atoms with E-state index in [-0.39, 0.29) is 11.8 Å². The molecule has 6 nitrogen and oxygen atoms in total. The molecule has 4 heterocycles. The lowest BCUT2D eigenvalue weighted by Crippen LogP contribution is -2.51. The zero-order valence-corrected chi connectivity index (χ0v) is 17.5. The molecule has 0 unspecified atom stereocenters. The lowest BCUT2D eigenvalue weighted by atomic mass is 9.83. The van der Waals surface area contributed by atoms with Crippen molar-refractivity contribution in [3.05, 3.63) is 17.5 Å². The van der Waals surface area contributed by atoms with Gasteiger partial charge in [-0.05, 0) is 77.4 Å². The van der Waals surface area contributed by atoms with Gasteiger partial charge in [-0.2, -0.15) is 0 Å². The molecule has 1 amide bonds. The molecule has 154 valence electrons. The summed E-state index contributed by atoms with van der Waals surface area (Å²) in [6.07, 6.45) is 8.35. The average Bonchev–Trinajstić information content (AvgIpc) is 2.71. The van der Waals surface area contributed by atoms with Crippen LogP contribution in [0.15, 0.2) is 6.07 Å². The summed E-state index contributed by atoms with van der Waals surface area (Å²) in [6.45, 7) is 9.12. The van der Waals surface area contributed by atoms with E-state index in [0.29, 0.717) is 12.0 Å². The van der Waals surface area contributed by atoms with Gasteiger partial charge in [-0.25, -0.2) is 9.97 Å². The summed E-state index contributed by atoms with van der Waals surface area (Å²) in [5.74, 6) is 1.85. The van der Waals surface area contributed by atoms with Crippen LogP contribution in [0.5, 0.6) is 0 Å². The molecule has 0 bridgehead atoms. The van der Waals surface area contributed by atoms with Crippen molar-refractivity contribution in [3.63, 3.8) is 0 Å². The van der Waals surface area contributed by atoms with Crippen molar-refractivity contribution >= 4 is 11.9 Å². The SMILES string of the molecule is Cc1cc(C)nc(N2CCC(C(=O)NC[C@@H]3CCCN4CCCC[C@H]34)CC2)n1. The van der Waals surface area contributed by atoms with Crippen molar-refractivity contribution < 1.29 is 4.79 Å². The van der Waals surface area contributed by atoms with E-state index < -0.39 is 0 Å². The van der Waals surface area contributed by atoms with Crippen molar-refractivity contribution in [2.75, 3.05) is 37.6 Å². The summed E-state index contributed by atoms with van der Waals surface area (Å²) in [5.41, 5.74) is 2.01. The molecule has 4 rings (SSSR count). The summed E-state index contributed by atoms with van der Waals surface area (Å²) in [6, 6.07) is 2.70. The minimum Gasteiger partial charge on any atom is -0.356 e. The second-order valence-electron chi connectivity index (χ2n) is 8.96. The Balaban J connectivity index is 1.26. The van der Waals surface area contributed by atoms with E-state index >= 15 is 0 Å². The quantitative estimate of drug-likeness (QED) is 0.863. The van der Waals surface area contributed by atoms with Crippen LogP contribution >= 0.6 is 0 Å². The average molecular weight is 386 g/mol. The number of nitrogens with one attached hydrogen (secondary N) is 1. The number of anilines is 1. The van der Waals surface area contributed by atoms with Crippen LogP contribution in [-0.2, 0) is 4.79 Å². The Bertz CT molecular complexity index is 663. The smallest absolute Gasteiger partial charge is 0.225 e. The van der Waals surface area contributed by atoms with E-state index in [0.717, 1.165) is 49.8 Å². The highest BCUT2D eigenvalue weighted by atomic mass is 16.1. The molecular weight excluding hydrogens is 350 g/mol. The van der Waals surface area contributed by atoms with Gasteiger partial charge in [0.25, 0.3) is 0 Å². The third-order valence-corrected chi connectivity index (χ3v) is 6.89. The van der Waals surface area contributed by atoms with Gasteiger partial charge in [0.1, 0.15) is 0 Å². The van der Waals surface area contributed by atoms with Crippen LogP contribution < -0.4 is 10.2 Å². The monoisotopic (exact) mass is 385 g/mol. The van der Waals surface area contributed by atoms with Crippen LogP contribution in [0.3, 0.4) is 0 Å². The lowest BCUT2D eigenvalue weighted by Gasteiger charge is -2.44. The first-order valence-corrected chi connectivity index (χ1v) is 11.2. The molecule has 3 saturated heterocycles. The number of aromatic nitrogens is 2. The van der Waals surface area contributed by atoms with Crippen molar-refractivity contribution in [2.24, 2.45) is 11.8 Å². The molecule has 1 N–H and O–H groups in total. The number of amides is 1. The number of rotatable bonds is 4. The third-order valence-electron chi connectivity index (χ3n) is 6.89. The molecule has 0 aromatic carbocycles. The number of carbonyl (C=O) groups excluding carboxylic acids is 1. The second kappa shape index (κ2) is 8.76. The molecule has 1 aromatic heterocycles. The molecule has 0 spiro atoms. The predicted molar refractivity (Wildman–Crippen MR) is 111 cm³/mol. The standard InChI is InChI=1S/C22H35N5O/c1-16-14-17(2)25-22(24-16)27-12-8-18(9-13-27)21(28)23-15-19-6-5-11-26-10-4-3-7-20(19)26/h14,18-20H,3-13,15H2,1-2H3,(H,23,28)/t19-,20+/m0/s1. The predicted octanol–water partition coefficient (Wildman–Crippen LogP) is 2.69. The lowest BCUT2D eigenvalue weighted by molar-refractivity contribution is -0.126. The van der Waals surface area contributed by atoms with Crippen LogP contribution in [-0.4, -0.2) is 59.5 Å². The van der Waals surface area contributed by atoms with Gasteiger partial charge >= 0.3 is 0 Å². The Morgan fingerprint density at radius 2 is 1.71 bits per heavy atom. The molecule has 6 heteroatoms. The first-order chi connectivity index (χ1) is 13.6. The maximum Gasteiger partial charge on any atom is 0.225 e. The van der Waals surface area contributed by atoms with Gasteiger partial charge in [0, 0.05) is 43.0 Å². The van der Waals surface area contributed by atoms with Crippen LogP contribution in [0.2, 0.25) is 0 Å². The van der Waals surface area contributed by atoms with Gasteiger partial charge in [-0.3, -0.25) is 4.79 Å². The maximum absolute atomic E-state index is 12.8. The molecular formula is C22H35N5O. The number of fused-ring (bicyclic) bond motifs is 1. The molecule has 0 radical (unpaired) electrons. The van der Waals surface area contributed by atoms with E-state index in [1.165, 1.54) is 45.2 Å². The molecule has 3 aliphatic rings. The minimum atomic E-state index is 0.133. The van der Waals surface area contributed by atoms with Crippen molar-refractivity contribution in [2.45, 2.75) is 64.8 Å². The molecule has 3 aliphatic heterocycles. The number of carbonyl (C=O) groups is 1. The van der Waals surface area contributed by atoms with Gasteiger partial charge in [-0.1, -0.05) is 6.42 Å². The Morgan fingerprint density at radius 3 is 2.46 bits per heavy atom. The van der Waals surface area contributed by atoms with E-state index in [1.54, 1.807) is 0 Å². The first-order valence-electron chi connectivity index (χ1n) is 11.2. The van der Waals surface area contributed by atoms with Gasteiger partial charge in [0.2, 0.25) is 11.9 Å². The second-order valence-corrected chi connectivity index (χ2v) is 8.96. The van der Waals surface area contributed by atoms with E-state index in [4.69, 9.17) is 0 Å². The Morgan fingerprint density at radius 1 is 1.00 bits per heavy atom. The van der Waals surface area contributed by atoms with Gasteiger partial charge in [-0.15, -0.1) is 0 Å². The molecule has 3 fully saturated rings. The zero-order valence-electron chi connectivity index (χ0n) is 17.5. The number of piperidine rings is 3. The summed E-state index contributed by atoms with van der Waals surface area (Å²) < 4.78 is 0. The van der Waals surface area contributed by atoms with E-state index in [1.807, 2.05) is 19.9 Å². The first kappa shape index (κ1) is 19.6. The Hall–Kier alpha value is -1.69. The number of hydrogen-bond donors (Lipinski definition) is 1. The van der Waals surface area contributed by atoms with Crippen LogP contribution in [0.4, 0.5) is 5.95 Å². The topological polar surface area (TPSA) is 61.4 Å². The van der Waals surface area contributed by atoms with Crippen molar-refractivity contribution in [1.29, 1.82) is 0 Å². The summed E-state index contributed by atoms with van der Waals surface area (Å²) in [4.78, 5) is 26.8. The Kier molecular flexibility index (Phi) is 6.14. The molecule has 0 aliphatic carbocycles. The normalized spacial score (nSPS) is 26.7. The van der Waals surface area contributed by atoms with Crippen LogP contribution in [0.25, 0.3) is 0 Å². The summed E-state index contributed by atoms with van der Waals surface area (Å²) >= 11 is 0. The van der Waals surface area contributed by atoms with Crippen LogP contribution in [0.1, 0.15) is 56.3 Å². The van der Waals surface area contributed by atoms with E-state index in [2.05, 4.69) is 25.1 Å². The maximum atomic E-state index is 12.8. The molecule has 2 atom stereocenters. The number of aryl methyl sites for hydroxylation is 2. The molecule has 1 aromatic rings. The highest BCUT2D eigenvalue weighted by Crippen LogP contribution is 2.30. The van der Waals surface area contributed by atoms with Crippen LogP contribution in [0, 0.1) is 25.7 Å². The molecule has 0 saturated carbocycles. The Labute approximate surface area is 169 Å². The number of hydrogen-bond acceptors (Lipinski definition) is 5. The van der Waals surface area contributed by atoms with Crippen molar-refractivity contribution in [1.82, 2.24) is 20.2 Å². The number of nitrogens with zero attached hydrogens (tertiary/aromatic N) is 4. The summed E-state index contributed by atoms with van der Waals surface area (Å²) in [7, 11) is 0.